The summed E-state index contributed by atoms with van der Waals surface area (Å²) in [6.07, 6.45) is -2.88. The van der Waals surface area contributed by atoms with Crippen LogP contribution in [-0.2, 0) is 30.4 Å². The van der Waals surface area contributed by atoms with Crippen LogP contribution in [0.2, 0.25) is 0 Å². The second kappa shape index (κ2) is 12.1. The molecular weight excluding hydrogens is 430 g/mol. The van der Waals surface area contributed by atoms with E-state index >= 15 is 0 Å². The third-order valence-electron chi connectivity index (χ3n) is 3.70. The van der Waals surface area contributed by atoms with Crippen LogP contribution in [0.25, 0.3) is 0 Å². The van der Waals surface area contributed by atoms with Gasteiger partial charge in [0.2, 0.25) is 5.91 Å². The second-order valence-electron chi connectivity index (χ2n) is 9.43. The molecule has 3 N–H and O–H groups in total. The van der Waals surface area contributed by atoms with Gasteiger partial charge in [-0.2, -0.15) is 0 Å². The third-order valence-corrected chi connectivity index (χ3v) is 3.70. The van der Waals surface area contributed by atoms with Crippen LogP contribution >= 0.6 is 0 Å². The molecule has 0 heterocycles. The van der Waals surface area contributed by atoms with Crippen molar-refractivity contribution in [2.75, 3.05) is 0 Å². The molecule has 0 bridgehead atoms. The van der Waals surface area contributed by atoms with Gasteiger partial charge in [0.05, 0.1) is 6.42 Å². The van der Waals surface area contributed by atoms with E-state index in [1.54, 1.807) is 41.5 Å². The lowest BCUT2D eigenvalue weighted by Crippen LogP contribution is -2.54. The van der Waals surface area contributed by atoms with Crippen molar-refractivity contribution in [1.29, 1.82) is 0 Å². The number of alkyl carbamates (subject to hydrolysis) is 2. The van der Waals surface area contributed by atoms with Crippen LogP contribution in [0, 0.1) is 0 Å². The molecule has 1 rings (SSSR count). The topological polar surface area (TPSA) is 132 Å². The van der Waals surface area contributed by atoms with Crippen molar-refractivity contribution in [3.8, 4) is 0 Å². The second-order valence-corrected chi connectivity index (χ2v) is 9.43. The van der Waals surface area contributed by atoms with E-state index in [0.29, 0.717) is 0 Å². The molecule has 0 aliphatic carbocycles. The standard InChI is InChI=1S/C23H35N3O7/c1-15(25-20(29)31-14-16-11-9-8-10-12-16)24-19(28)17(13-18(27)32-22(2,3)4)26-21(30)33-23(5,6)7/h8-12,15,17H,13-14H2,1-7H3,(H,24,28)(H,25,29)(H,26,30)/t15-,17+/m0/s1. The molecule has 0 aliphatic rings. The summed E-state index contributed by atoms with van der Waals surface area (Å²) in [4.78, 5) is 49.1. The van der Waals surface area contributed by atoms with Crippen LogP contribution in [-0.4, -0.2) is 47.5 Å². The first kappa shape index (κ1) is 27.7. The third kappa shape index (κ3) is 13.0. The molecule has 0 saturated carbocycles. The molecule has 1 aromatic rings. The highest BCUT2D eigenvalue weighted by Gasteiger charge is 2.29. The highest BCUT2D eigenvalue weighted by Crippen LogP contribution is 2.11. The van der Waals surface area contributed by atoms with E-state index in [1.165, 1.54) is 6.92 Å². The van der Waals surface area contributed by atoms with Crippen molar-refractivity contribution < 1.29 is 33.4 Å². The molecule has 1 aromatic carbocycles. The first-order chi connectivity index (χ1) is 15.1. The van der Waals surface area contributed by atoms with E-state index in [4.69, 9.17) is 14.2 Å². The molecule has 0 radical (unpaired) electrons. The van der Waals surface area contributed by atoms with E-state index in [9.17, 15) is 19.2 Å². The van der Waals surface area contributed by atoms with E-state index in [-0.39, 0.29) is 6.61 Å². The number of hydrogen-bond donors (Lipinski definition) is 3. The van der Waals surface area contributed by atoms with Crippen LogP contribution in [0.5, 0.6) is 0 Å². The van der Waals surface area contributed by atoms with Crippen LogP contribution in [0.4, 0.5) is 9.59 Å². The summed E-state index contributed by atoms with van der Waals surface area (Å²) in [6.45, 7) is 11.7. The summed E-state index contributed by atoms with van der Waals surface area (Å²) in [5.41, 5.74) is -0.751. The van der Waals surface area contributed by atoms with Gasteiger partial charge in [-0.1, -0.05) is 30.3 Å². The summed E-state index contributed by atoms with van der Waals surface area (Å²) in [5, 5.41) is 7.36. The zero-order valence-corrected chi connectivity index (χ0v) is 20.3. The van der Waals surface area contributed by atoms with Gasteiger partial charge in [-0.25, -0.2) is 9.59 Å². The van der Waals surface area contributed by atoms with Crippen molar-refractivity contribution in [2.24, 2.45) is 0 Å². The Kier molecular flexibility index (Phi) is 10.2. The SMILES string of the molecule is C[C@H](NC(=O)OCc1ccccc1)NC(=O)[C@@H](CC(=O)OC(C)(C)C)NC(=O)OC(C)(C)C. The van der Waals surface area contributed by atoms with E-state index < -0.39 is 53.9 Å². The quantitative estimate of drug-likeness (QED) is 0.305. The average molecular weight is 466 g/mol. The van der Waals surface area contributed by atoms with Crippen LogP contribution < -0.4 is 16.0 Å². The minimum atomic E-state index is -1.28. The fraction of sp³-hybridized carbons (Fsp3) is 0.565. The largest absolute Gasteiger partial charge is 0.460 e. The molecule has 0 unspecified atom stereocenters. The Hall–Kier alpha value is -3.30. The molecular formula is C23H35N3O7. The van der Waals surface area contributed by atoms with Crippen LogP contribution in [0.15, 0.2) is 30.3 Å². The molecule has 3 amide bonds. The maximum atomic E-state index is 12.7. The Morgan fingerprint density at radius 1 is 0.818 bits per heavy atom. The van der Waals surface area contributed by atoms with Gasteiger partial charge in [-0.05, 0) is 54.0 Å². The van der Waals surface area contributed by atoms with Gasteiger partial charge < -0.3 is 30.2 Å². The van der Waals surface area contributed by atoms with Gasteiger partial charge in [-0.15, -0.1) is 0 Å². The smallest absolute Gasteiger partial charge is 0.409 e. The van der Waals surface area contributed by atoms with Crippen molar-refractivity contribution in [3.63, 3.8) is 0 Å². The molecule has 0 spiro atoms. The number of hydrogen-bond acceptors (Lipinski definition) is 7. The van der Waals surface area contributed by atoms with Crippen molar-refractivity contribution >= 4 is 24.1 Å². The molecule has 0 saturated heterocycles. The van der Waals surface area contributed by atoms with Gasteiger partial charge in [0, 0.05) is 0 Å². The molecule has 10 heteroatoms. The van der Waals surface area contributed by atoms with Crippen molar-refractivity contribution in [2.45, 2.75) is 84.9 Å². The normalized spacial score (nSPS) is 13.2. The lowest BCUT2D eigenvalue weighted by molar-refractivity contribution is -0.156. The lowest BCUT2D eigenvalue weighted by atomic mass is 10.1. The first-order valence-corrected chi connectivity index (χ1v) is 10.6. The number of carbonyl (C=O) groups is 4. The number of ether oxygens (including phenoxy) is 3. The number of nitrogens with one attached hydrogen (secondary N) is 3. The van der Waals surface area contributed by atoms with Gasteiger partial charge >= 0.3 is 18.2 Å². The number of esters is 1. The molecule has 184 valence electrons. The van der Waals surface area contributed by atoms with Gasteiger partial charge in [0.15, 0.2) is 0 Å². The van der Waals surface area contributed by atoms with Crippen LogP contribution in [0.1, 0.15) is 60.5 Å². The number of benzene rings is 1. The van der Waals surface area contributed by atoms with Gasteiger partial charge in [-0.3, -0.25) is 9.59 Å². The highest BCUT2D eigenvalue weighted by molar-refractivity contribution is 5.90. The Morgan fingerprint density at radius 3 is 1.94 bits per heavy atom. The summed E-state index contributed by atoms with van der Waals surface area (Å²) >= 11 is 0. The van der Waals surface area contributed by atoms with E-state index in [1.807, 2.05) is 30.3 Å². The Labute approximate surface area is 194 Å². The minimum absolute atomic E-state index is 0.0643. The molecule has 33 heavy (non-hydrogen) atoms. The zero-order chi connectivity index (χ0) is 25.2. The van der Waals surface area contributed by atoms with Gasteiger partial charge in [0.1, 0.15) is 30.0 Å². The highest BCUT2D eigenvalue weighted by atomic mass is 16.6. The van der Waals surface area contributed by atoms with Gasteiger partial charge in [0.25, 0.3) is 0 Å². The molecule has 2 atom stereocenters. The predicted molar refractivity (Wildman–Crippen MR) is 121 cm³/mol. The maximum Gasteiger partial charge on any atom is 0.409 e. The Morgan fingerprint density at radius 2 is 1.39 bits per heavy atom. The molecule has 10 nitrogen and oxygen atoms in total. The average Bonchev–Trinajstić information content (AvgIpc) is 2.63. The Bertz CT molecular complexity index is 784. The fourth-order valence-corrected chi connectivity index (χ4v) is 2.50. The summed E-state index contributed by atoms with van der Waals surface area (Å²) in [6, 6.07) is 7.83. The zero-order valence-electron chi connectivity index (χ0n) is 20.3. The van der Waals surface area contributed by atoms with E-state index in [0.717, 1.165) is 5.56 Å². The summed E-state index contributed by atoms with van der Waals surface area (Å²) in [5.74, 6) is -1.39. The maximum absolute atomic E-state index is 12.7. The summed E-state index contributed by atoms with van der Waals surface area (Å²) < 4.78 is 15.5. The number of amides is 3. The van der Waals surface area contributed by atoms with Crippen LogP contribution in [0.3, 0.4) is 0 Å². The fourth-order valence-electron chi connectivity index (χ4n) is 2.50. The predicted octanol–water partition coefficient (Wildman–Crippen LogP) is 3.00. The minimum Gasteiger partial charge on any atom is -0.460 e. The van der Waals surface area contributed by atoms with Crippen molar-refractivity contribution in [1.82, 2.24) is 16.0 Å². The number of rotatable bonds is 8. The first-order valence-electron chi connectivity index (χ1n) is 10.6. The monoisotopic (exact) mass is 465 g/mol. The molecule has 0 aromatic heterocycles. The molecule has 0 aliphatic heterocycles. The molecule has 0 fully saturated rings. The number of carbonyl (C=O) groups excluding carboxylic acids is 4. The Balaban J connectivity index is 2.70. The van der Waals surface area contributed by atoms with E-state index in [2.05, 4.69) is 16.0 Å². The van der Waals surface area contributed by atoms with Crippen molar-refractivity contribution in [3.05, 3.63) is 35.9 Å². The lowest BCUT2D eigenvalue weighted by Gasteiger charge is -2.25. The summed E-state index contributed by atoms with van der Waals surface area (Å²) in [7, 11) is 0.